The number of carbonyl (C=O) groups excluding carboxylic acids is 1. The molecule has 5 aromatic rings. The number of ether oxygens (including phenoxy) is 1. The molecule has 0 bridgehead atoms. The van der Waals surface area contributed by atoms with Gasteiger partial charge >= 0.3 is 5.97 Å². The lowest BCUT2D eigenvalue weighted by Crippen LogP contribution is -2.07. The van der Waals surface area contributed by atoms with Crippen molar-refractivity contribution in [2.24, 2.45) is 0 Å². The number of rotatable bonds is 6. The Morgan fingerprint density at radius 1 is 1.00 bits per heavy atom. The summed E-state index contributed by atoms with van der Waals surface area (Å²) in [4.78, 5) is 21.6. The number of hydrogen-bond donors (Lipinski definition) is 0. The highest BCUT2D eigenvalue weighted by molar-refractivity contribution is 5.70. The molecule has 3 aromatic heterocycles. The number of carbonyl (C=O) groups is 1. The lowest BCUT2D eigenvalue weighted by molar-refractivity contribution is -0.132. The first kappa shape index (κ1) is 21.6. The molecule has 170 valence electrons. The largest absolute Gasteiger partial charge is 0.466 e. The van der Waals surface area contributed by atoms with Crippen molar-refractivity contribution in [3.05, 3.63) is 107 Å². The molecule has 0 amide bonds. The van der Waals surface area contributed by atoms with E-state index in [0.29, 0.717) is 52.8 Å². The fraction of sp³-hybridized carbons (Fsp3) is 0.148. The summed E-state index contributed by atoms with van der Waals surface area (Å²) in [6.45, 7) is 3.22. The van der Waals surface area contributed by atoms with E-state index in [-0.39, 0.29) is 5.82 Å². The summed E-state index contributed by atoms with van der Waals surface area (Å²) in [6.07, 6.45) is 2.57. The summed E-state index contributed by atoms with van der Waals surface area (Å²) in [6, 6.07) is 19.9. The van der Waals surface area contributed by atoms with Crippen molar-refractivity contribution in [2.75, 3.05) is 0 Å². The predicted octanol–water partition coefficient (Wildman–Crippen LogP) is 5.54. The van der Waals surface area contributed by atoms with E-state index in [0.717, 1.165) is 11.3 Å². The second-order valence-electron chi connectivity index (χ2n) is 8.09. The topological polar surface area (TPSA) is 69.6 Å². The van der Waals surface area contributed by atoms with Gasteiger partial charge in [-0.05, 0) is 36.8 Å². The summed E-state index contributed by atoms with van der Waals surface area (Å²) in [7, 11) is 0. The van der Waals surface area contributed by atoms with Crippen molar-refractivity contribution < 1.29 is 18.3 Å². The van der Waals surface area contributed by atoms with E-state index < -0.39 is 5.97 Å². The average molecular weight is 455 g/mol. The van der Waals surface area contributed by atoms with Crippen LogP contribution in [0.5, 0.6) is 5.88 Å². The maximum absolute atomic E-state index is 14.0. The van der Waals surface area contributed by atoms with Gasteiger partial charge in [0.25, 0.3) is 0 Å². The molecule has 0 fully saturated rings. The van der Waals surface area contributed by atoms with Crippen molar-refractivity contribution in [1.82, 2.24) is 14.4 Å². The summed E-state index contributed by atoms with van der Waals surface area (Å²) in [5, 5.41) is 0. The maximum Gasteiger partial charge on any atom is 0.309 e. The first-order chi connectivity index (χ1) is 16.5. The molecule has 7 heteroatoms. The quantitative estimate of drug-likeness (QED) is 0.314. The molecule has 0 spiro atoms. The van der Waals surface area contributed by atoms with E-state index in [2.05, 4.69) is 0 Å². The van der Waals surface area contributed by atoms with E-state index in [1.807, 2.05) is 49.4 Å². The van der Waals surface area contributed by atoms with Gasteiger partial charge < -0.3 is 9.15 Å². The van der Waals surface area contributed by atoms with Gasteiger partial charge in [-0.15, -0.1) is 0 Å². The second kappa shape index (κ2) is 8.94. The molecule has 6 nitrogen and oxygen atoms in total. The van der Waals surface area contributed by atoms with Crippen LogP contribution in [0.15, 0.2) is 77.3 Å². The smallest absolute Gasteiger partial charge is 0.309 e. The minimum Gasteiger partial charge on any atom is -0.466 e. The number of nitrogens with zero attached hydrogens (tertiary/aromatic N) is 3. The van der Waals surface area contributed by atoms with Crippen LogP contribution in [-0.2, 0) is 17.6 Å². The van der Waals surface area contributed by atoms with Gasteiger partial charge in [-0.25, -0.2) is 14.4 Å². The van der Waals surface area contributed by atoms with Crippen molar-refractivity contribution in [3.8, 4) is 17.1 Å². The SMILES string of the molecule is CC(=O)Oc1c(Cc2ccc(C)o2)nc2c(Cc3ccccc3)nc(-c3cccc(F)c3)cn12. The Bertz CT molecular complexity index is 1490. The van der Waals surface area contributed by atoms with Crippen LogP contribution in [0, 0.1) is 12.7 Å². The highest BCUT2D eigenvalue weighted by Gasteiger charge is 2.21. The molecule has 2 aromatic carbocycles. The van der Waals surface area contributed by atoms with Gasteiger partial charge in [-0.3, -0.25) is 9.20 Å². The van der Waals surface area contributed by atoms with Crippen LogP contribution in [-0.4, -0.2) is 20.3 Å². The minimum atomic E-state index is -0.465. The van der Waals surface area contributed by atoms with Gasteiger partial charge in [0, 0.05) is 25.1 Å². The van der Waals surface area contributed by atoms with Gasteiger partial charge in [0.05, 0.1) is 17.8 Å². The zero-order chi connectivity index (χ0) is 23.7. The van der Waals surface area contributed by atoms with E-state index in [4.69, 9.17) is 19.1 Å². The van der Waals surface area contributed by atoms with Crippen molar-refractivity contribution in [2.45, 2.75) is 26.7 Å². The zero-order valence-corrected chi connectivity index (χ0v) is 18.8. The van der Waals surface area contributed by atoms with E-state index in [1.54, 1.807) is 22.7 Å². The third-order valence-electron chi connectivity index (χ3n) is 5.41. The number of imidazole rings is 1. The number of benzene rings is 2. The zero-order valence-electron chi connectivity index (χ0n) is 18.8. The minimum absolute atomic E-state index is 0.297. The lowest BCUT2D eigenvalue weighted by atomic mass is 10.1. The number of halogens is 1. The number of fused-ring (bicyclic) bond motifs is 1. The summed E-state index contributed by atoms with van der Waals surface area (Å²) in [5.41, 5.74) is 4.01. The van der Waals surface area contributed by atoms with Crippen LogP contribution in [0.3, 0.4) is 0 Å². The normalized spacial score (nSPS) is 11.1. The molecule has 0 aliphatic carbocycles. The first-order valence-corrected chi connectivity index (χ1v) is 10.9. The third kappa shape index (κ3) is 4.45. The van der Waals surface area contributed by atoms with Crippen LogP contribution in [0.1, 0.15) is 35.4 Å². The van der Waals surface area contributed by atoms with Crippen LogP contribution < -0.4 is 4.74 Å². The van der Waals surface area contributed by atoms with Gasteiger partial charge in [0.1, 0.15) is 23.0 Å². The van der Waals surface area contributed by atoms with E-state index in [1.165, 1.54) is 19.1 Å². The molecule has 0 radical (unpaired) electrons. The highest BCUT2D eigenvalue weighted by atomic mass is 19.1. The predicted molar refractivity (Wildman–Crippen MR) is 125 cm³/mol. The van der Waals surface area contributed by atoms with Crippen molar-refractivity contribution in [1.29, 1.82) is 0 Å². The van der Waals surface area contributed by atoms with Gasteiger partial charge in [-0.1, -0.05) is 42.5 Å². The van der Waals surface area contributed by atoms with Crippen LogP contribution in [0.4, 0.5) is 4.39 Å². The Labute approximate surface area is 195 Å². The number of hydrogen-bond acceptors (Lipinski definition) is 5. The van der Waals surface area contributed by atoms with Gasteiger partial charge in [0.2, 0.25) is 5.88 Å². The van der Waals surface area contributed by atoms with Crippen LogP contribution in [0.25, 0.3) is 16.9 Å². The Balaban J connectivity index is 1.72. The molecule has 0 saturated carbocycles. The molecule has 0 saturated heterocycles. The average Bonchev–Trinajstić information content (AvgIpc) is 3.37. The molecular weight excluding hydrogens is 433 g/mol. The number of furan rings is 1. The highest BCUT2D eigenvalue weighted by Crippen LogP contribution is 2.30. The molecule has 0 N–H and O–H groups in total. The molecular formula is C27H22FN3O3. The Morgan fingerprint density at radius 3 is 2.53 bits per heavy atom. The fourth-order valence-corrected chi connectivity index (χ4v) is 3.93. The van der Waals surface area contributed by atoms with Crippen molar-refractivity contribution in [3.63, 3.8) is 0 Å². The van der Waals surface area contributed by atoms with E-state index >= 15 is 0 Å². The molecule has 0 unspecified atom stereocenters. The molecule has 0 aliphatic rings. The molecule has 3 heterocycles. The number of aromatic nitrogens is 3. The Morgan fingerprint density at radius 2 is 1.82 bits per heavy atom. The number of esters is 1. The van der Waals surface area contributed by atoms with Gasteiger partial charge in [-0.2, -0.15) is 0 Å². The molecule has 5 rings (SSSR count). The first-order valence-electron chi connectivity index (χ1n) is 10.9. The van der Waals surface area contributed by atoms with Crippen molar-refractivity contribution >= 4 is 11.6 Å². The molecule has 0 aliphatic heterocycles. The summed E-state index contributed by atoms with van der Waals surface area (Å²) < 4.78 is 27.1. The van der Waals surface area contributed by atoms with E-state index in [9.17, 15) is 9.18 Å². The standard InChI is InChI=1S/C27H22FN3O3/c1-17-11-12-22(33-17)15-24-27(34-18(2)32)31-16-25(20-9-6-10-21(28)14-20)29-23(26(31)30-24)13-19-7-4-3-5-8-19/h3-12,14,16H,13,15H2,1-2H3. The fourth-order valence-electron chi connectivity index (χ4n) is 3.93. The maximum atomic E-state index is 14.0. The number of aryl methyl sites for hydroxylation is 1. The lowest BCUT2D eigenvalue weighted by Gasteiger charge is -2.10. The monoisotopic (exact) mass is 455 g/mol. The third-order valence-corrected chi connectivity index (χ3v) is 5.41. The van der Waals surface area contributed by atoms with Gasteiger partial charge in [0.15, 0.2) is 5.65 Å². The Kier molecular flexibility index (Phi) is 5.67. The molecule has 0 atom stereocenters. The second-order valence-corrected chi connectivity index (χ2v) is 8.09. The molecule has 34 heavy (non-hydrogen) atoms. The summed E-state index contributed by atoms with van der Waals surface area (Å²) in [5.74, 6) is 0.965. The van der Waals surface area contributed by atoms with Crippen LogP contribution >= 0.6 is 0 Å². The summed E-state index contributed by atoms with van der Waals surface area (Å²) >= 11 is 0. The Hall–Kier alpha value is -4.26. The van der Waals surface area contributed by atoms with Crippen LogP contribution in [0.2, 0.25) is 0 Å².